The lowest BCUT2D eigenvalue weighted by molar-refractivity contribution is 0.0122. The molecule has 1 unspecified atom stereocenters. The van der Waals surface area contributed by atoms with E-state index in [1.165, 1.54) is 7.11 Å². The molecule has 13 heavy (non-hydrogen) atoms. The van der Waals surface area contributed by atoms with Gasteiger partial charge < -0.3 is 9.94 Å². The lowest BCUT2D eigenvalue weighted by Gasteiger charge is -2.18. The Kier molecular flexibility index (Phi) is 3.89. The van der Waals surface area contributed by atoms with Gasteiger partial charge in [-0.25, -0.2) is 0 Å². The second kappa shape index (κ2) is 4.97. The van der Waals surface area contributed by atoms with Crippen LogP contribution < -0.4 is 5.48 Å². The summed E-state index contributed by atoms with van der Waals surface area (Å²) in [5.74, 6) is 0. The molecule has 0 saturated carbocycles. The third-order valence-electron chi connectivity index (χ3n) is 1.92. The Balaban J connectivity index is 2.62. The number of hydroxylamine groups is 1. The highest BCUT2D eigenvalue weighted by Crippen LogP contribution is 2.15. The van der Waals surface area contributed by atoms with E-state index in [0.29, 0.717) is 0 Å². The fourth-order valence-electron chi connectivity index (χ4n) is 1.19. The second-order valence-electron chi connectivity index (χ2n) is 2.97. The second-order valence-corrected chi connectivity index (χ2v) is 2.97. The largest absolute Gasteiger partial charge is 0.387 e. The topological polar surface area (TPSA) is 41.5 Å². The summed E-state index contributed by atoms with van der Waals surface area (Å²) in [7, 11) is 1.54. The minimum absolute atomic E-state index is 0.118. The van der Waals surface area contributed by atoms with Crippen LogP contribution in [0.15, 0.2) is 30.3 Å². The van der Waals surface area contributed by atoms with Crippen LogP contribution in [0.5, 0.6) is 0 Å². The Morgan fingerprint density at radius 3 is 2.46 bits per heavy atom. The standard InChI is InChI=1S/C10H15NO2/c1-8(11-13-2)10(12)9-6-4-3-5-7-9/h3-8,10-12H,1-2H3/t8-,10?/m1/s1. The molecule has 3 nitrogen and oxygen atoms in total. The highest BCUT2D eigenvalue weighted by molar-refractivity contribution is 5.18. The zero-order valence-electron chi connectivity index (χ0n) is 7.90. The van der Waals surface area contributed by atoms with Crippen molar-refractivity contribution in [2.24, 2.45) is 0 Å². The number of hydrogen-bond donors (Lipinski definition) is 2. The van der Waals surface area contributed by atoms with Crippen molar-refractivity contribution in [3.8, 4) is 0 Å². The van der Waals surface area contributed by atoms with E-state index in [9.17, 15) is 5.11 Å². The Morgan fingerprint density at radius 1 is 1.31 bits per heavy atom. The van der Waals surface area contributed by atoms with Gasteiger partial charge in [0.05, 0.1) is 19.3 Å². The van der Waals surface area contributed by atoms with Gasteiger partial charge in [0.25, 0.3) is 0 Å². The predicted octanol–water partition coefficient (Wildman–Crippen LogP) is 1.26. The summed E-state index contributed by atoms with van der Waals surface area (Å²) >= 11 is 0. The van der Waals surface area contributed by atoms with Crippen LogP contribution in [0.2, 0.25) is 0 Å². The molecule has 0 radical (unpaired) electrons. The minimum atomic E-state index is -0.541. The molecule has 72 valence electrons. The van der Waals surface area contributed by atoms with Gasteiger partial charge in [0.2, 0.25) is 0 Å². The van der Waals surface area contributed by atoms with E-state index in [1.54, 1.807) is 0 Å². The Labute approximate surface area is 78.3 Å². The zero-order valence-corrected chi connectivity index (χ0v) is 7.90. The van der Waals surface area contributed by atoms with Crippen LogP contribution in [-0.4, -0.2) is 18.3 Å². The van der Waals surface area contributed by atoms with Crippen LogP contribution in [0.1, 0.15) is 18.6 Å². The van der Waals surface area contributed by atoms with Crippen molar-refractivity contribution in [3.05, 3.63) is 35.9 Å². The lowest BCUT2D eigenvalue weighted by atomic mass is 10.0. The SMILES string of the molecule is CON[C@H](C)C(O)c1ccccc1. The fraction of sp³-hybridized carbons (Fsp3) is 0.400. The molecule has 1 aromatic rings. The first-order chi connectivity index (χ1) is 6.25. The molecule has 2 N–H and O–H groups in total. The molecule has 0 aliphatic carbocycles. The van der Waals surface area contributed by atoms with Gasteiger partial charge in [-0.1, -0.05) is 30.3 Å². The van der Waals surface area contributed by atoms with Gasteiger partial charge in [0.15, 0.2) is 0 Å². The Hall–Kier alpha value is -0.900. The molecule has 0 amide bonds. The van der Waals surface area contributed by atoms with Gasteiger partial charge in [-0.2, -0.15) is 5.48 Å². The first-order valence-electron chi connectivity index (χ1n) is 4.27. The van der Waals surface area contributed by atoms with Crippen LogP contribution in [0, 0.1) is 0 Å². The molecule has 0 bridgehead atoms. The van der Waals surface area contributed by atoms with Gasteiger partial charge in [-0.05, 0) is 12.5 Å². The van der Waals surface area contributed by atoms with Gasteiger partial charge in [-0.3, -0.25) is 0 Å². The average molecular weight is 181 g/mol. The lowest BCUT2D eigenvalue weighted by Crippen LogP contribution is -2.31. The van der Waals surface area contributed by atoms with Crippen molar-refractivity contribution in [2.45, 2.75) is 19.1 Å². The highest BCUT2D eigenvalue weighted by atomic mass is 16.6. The van der Waals surface area contributed by atoms with Crippen LogP contribution in [0.4, 0.5) is 0 Å². The third-order valence-corrected chi connectivity index (χ3v) is 1.92. The molecule has 0 heterocycles. The van der Waals surface area contributed by atoms with Crippen molar-refractivity contribution < 1.29 is 9.94 Å². The summed E-state index contributed by atoms with van der Waals surface area (Å²) in [6.07, 6.45) is -0.541. The van der Waals surface area contributed by atoms with Crippen LogP contribution >= 0.6 is 0 Å². The fourth-order valence-corrected chi connectivity index (χ4v) is 1.19. The third kappa shape index (κ3) is 2.81. The molecule has 1 aromatic carbocycles. The molecule has 2 atom stereocenters. The van der Waals surface area contributed by atoms with E-state index in [0.717, 1.165) is 5.56 Å². The first kappa shape index (κ1) is 10.2. The van der Waals surface area contributed by atoms with E-state index < -0.39 is 6.10 Å². The van der Waals surface area contributed by atoms with Crippen molar-refractivity contribution in [1.29, 1.82) is 0 Å². The molecule has 0 fully saturated rings. The summed E-state index contributed by atoms with van der Waals surface area (Å²) in [5, 5.41) is 9.78. The van der Waals surface area contributed by atoms with Gasteiger partial charge in [0.1, 0.15) is 0 Å². The molecule has 0 spiro atoms. The van der Waals surface area contributed by atoms with Crippen LogP contribution in [0.25, 0.3) is 0 Å². The van der Waals surface area contributed by atoms with E-state index in [-0.39, 0.29) is 6.04 Å². The number of aliphatic hydroxyl groups excluding tert-OH is 1. The van der Waals surface area contributed by atoms with Crippen molar-refractivity contribution >= 4 is 0 Å². The number of nitrogens with one attached hydrogen (secondary N) is 1. The molecular weight excluding hydrogens is 166 g/mol. The van der Waals surface area contributed by atoms with Crippen molar-refractivity contribution in [2.75, 3.05) is 7.11 Å². The molecule has 3 heteroatoms. The zero-order chi connectivity index (χ0) is 9.68. The molecular formula is C10H15NO2. The predicted molar refractivity (Wildman–Crippen MR) is 51.0 cm³/mol. The van der Waals surface area contributed by atoms with E-state index in [1.807, 2.05) is 37.3 Å². The molecule has 0 aromatic heterocycles. The molecule has 0 aliphatic heterocycles. The molecule has 1 rings (SSSR count). The monoisotopic (exact) mass is 181 g/mol. The van der Waals surface area contributed by atoms with Crippen molar-refractivity contribution in [1.82, 2.24) is 5.48 Å². The maximum absolute atomic E-state index is 9.78. The van der Waals surface area contributed by atoms with Crippen LogP contribution in [0.3, 0.4) is 0 Å². The number of benzene rings is 1. The van der Waals surface area contributed by atoms with E-state index in [2.05, 4.69) is 5.48 Å². The average Bonchev–Trinajstić information content (AvgIpc) is 2.18. The number of hydrogen-bond acceptors (Lipinski definition) is 3. The summed E-state index contributed by atoms with van der Waals surface area (Å²) in [6, 6.07) is 9.38. The number of aliphatic hydroxyl groups is 1. The summed E-state index contributed by atoms with van der Waals surface area (Å²) in [5.41, 5.74) is 3.58. The summed E-state index contributed by atoms with van der Waals surface area (Å²) < 4.78 is 0. The smallest absolute Gasteiger partial charge is 0.0963 e. The highest BCUT2D eigenvalue weighted by Gasteiger charge is 2.14. The summed E-state index contributed by atoms with van der Waals surface area (Å²) in [4.78, 5) is 4.74. The van der Waals surface area contributed by atoms with Crippen molar-refractivity contribution in [3.63, 3.8) is 0 Å². The van der Waals surface area contributed by atoms with Gasteiger partial charge in [0, 0.05) is 0 Å². The molecule has 0 saturated heterocycles. The quantitative estimate of drug-likeness (QED) is 0.687. The normalized spacial score (nSPS) is 15.3. The maximum Gasteiger partial charge on any atom is 0.0963 e. The maximum atomic E-state index is 9.78. The van der Waals surface area contributed by atoms with Gasteiger partial charge >= 0.3 is 0 Å². The number of rotatable bonds is 4. The van der Waals surface area contributed by atoms with Gasteiger partial charge in [-0.15, -0.1) is 0 Å². The molecule has 0 aliphatic rings. The first-order valence-corrected chi connectivity index (χ1v) is 4.27. The van der Waals surface area contributed by atoms with Crippen LogP contribution in [-0.2, 0) is 4.84 Å². The Bertz CT molecular complexity index is 238. The minimum Gasteiger partial charge on any atom is -0.387 e. The Morgan fingerprint density at radius 2 is 1.92 bits per heavy atom. The van der Waals surface area contributed by atoms with E-state index in [4.69, 9.17) is 4.84 Å². The summed E-state index contributed by atoms with van der Waals surface area (Å²) in [6.45, 7) is 1.86. The van der Waals surface area contributed by atoms with E-state index >= 15 is 0 Å².